The molecule has 2 heterocycles. The Morgan fingerprint density at radius 2 is 1.91 bits per heavy atom. The fraction of sp³-hybridized carbons (Fsp3) is 0.611. The van der Waals surface area contributed by atoms with Gasteiger partial charge in [-0.15, -0.1) is 0 Å². The van der Waals surface area contributed by atoms with E-state index in [0.717, 1.165) is 45.6 Å². The number of rotatable bonds is 4. The predicted octanol–water partition coefficient (Wildman–Crippen LogP) is 1.26. The van der Waals surface area contributed by atoms with Crippen LogP contribution in [-0.4, -0.2) is 66.2 Å². The fourth-order valence-electron chi connectivity index (χ4n) is 3.72. The summed E-state index contributed by atoms with van der Waals surface area (Å²) in [5.74, 6) is -0.953. The quantitative estimate of drug-likeness (QED) is 0.875. The number of carbonyl (C=O) groups is 1. The van der Waals surface area contributed by atoms with E-state index < -0.39 is 5.97 Å². The van der Waals surface area contributed by atoms with Crippen LogP contribution in [0.15, 0.2) is 30.3 Å². The summed E-state index contributed by atoms with van der Waals surface area (Å²) in [4.78, 5) is 16.2. The van der Waals surface area contributed by atoms with Crippen molar-refractivity contribution in [1.82, 2.24) is 15.1 Å². The van der Waals surface area contributed by atoms with E-state index in [-0.39, 0.29) is 5.92 Å². The fourth-order valence-corrected chi connectivity index (χ4v) is 3.72. The minimum atomic E-state index is -0.675. The van der Waals surface area contributed by atoms with Gasteiger partial charge in [-0.2, -0.15) is 0 Å². The zero-order valence-corrected chi connectivity index (χ0v) is 13.7. The molecule has 5 heteroatoms. The van der Waals surface area contributed by atoms with Crippen LogP contribution >= 0.6 is 0 Å². The third kappa shape index (κ3) is 4.53. The maximum absolute atomic E-state index is 11.3. The largest absolute Gasteiger partial charge is 0.481 e. The molecule has 0 saturated carbocycles. The number of benzene rings is 1. The Balaban J connectivity index is 1.50. The molecule has 1 aromatic carbocycles. The molecule has 0 unspecified atom stereocenters. The normalized spacial score (nSPS) is 25.1. The molecule has 2 aliphatic rings. The van der Waals surface area contributed by atoms with E-state index in [2.05, 4.69) is 45.4 Å². The molecule has 1 atom stereocenters. The molecular formula is C18H27N3O2. The Hall–Kier alpha value is -1.43. The molecule has 0 aromatic heterocycles. The Bertz CT molecular complexity index is 500. The molecule has 2 aliphatic heterocycles. The van der Waals surface area contributed by atoms with Crippen molar-refractivity contribution >= 4 is 5.97 Å². The Labute approximate surface area is 138 Å². The number of aliphatic carboxylic acids is 1. The van der Waals surface area contributed by atoms with Gasteiger partial charge >= 0.3 is 5.97 Å². The van der Waals surface area contributed by atoms with Crippen LogP contribution in [0.4, 0.5) is 0 Å². The van der Waals surface area contributed by atoms with Gasteiger partial charge in [0.05, 0.1) is 5.92 Å². The van der Waals surface area contributed by atoms with Crippen molar-refractivity contribution < 1.29 is 9.90 Å². The lowest BCUT2D eigenvalue weighted by atomic mass is 10.0. The maximum Gasteiger partial charge on any atom is 0.309 e. The molecule has 2 saturated heterocycles. The molecule has 2 N–H and O–H groups in total. The first-order chi connectivity index (χ1) is 11.2. The van der Waals surface area contributed by atoms with Crippen LogP contribution in [0.1, 0.15) is 18.4 Å². The van der Waals surface area contributed by atoms with E-state index in [4.69, 9.17) is 0 Å². The van der Waals surface area contributed by atoms with Gasteiger partial charge in [-0.3, -0.25) is 14.6 Å². The summed E-state index contributed by atoms with van der Waals surface area (Å²) in [5.41, 5.74) is 1.37. The number of nitrogens with one attached hydrogen (secondary N) is 1. The highest BCUT2D eigenvalue weighted by molar-refractivity contribution is 5.70. The first-order valence-electron chi connectivity index (χ1n) is 8.66. The van der Waals surface area contributed by atoms with E-state index in [9.17, 15) is 9.90 Å². The zero-order valence-electron chi connectivity index (χ0n) is 13.7. The van der Waals surface area contributed by atoms with Gasteiger partial charge in [0.25, 0.3) is 0 Å². The third-order valence-corrected chi connectivity index (χ3v) is 5.09. The van der Waals surface area contributed by atoms with Crippen molar-refractivity contribution in [3.05, 3.63) is 35.9 Å². The summed E-state index contributed by atoms with van der Waals surface area (Å²) < 4.78 is 0. The highest BCUT2D eigenvalue weighted by Gasteiger charge is 2.30. The van der Waals surface area contributed by atoms with Crippen LogP contribution < -0.4 is 5.32 Å². The van der Waals surface area contributed by atoms with Crippen LogP contribution in [0.5, 0.6) is 0 Å². The van der Waals surface area contributed by atoms with Gasteiger partial charge in [-0.1, -0.05) is 30.3 Å². The average Bonchev–Trinajstić information content (AvgIpc) is 2.83. The van der Waals surface area contributed by atoms with Crippen molar-refractivity contribution in [1.29, 1.82) is 0 Å². The summed E-state index contributed by atoms with van der Waals surface area (Å²) in [6.45, 7) is 6.36. The monoisotopic (exact) mass is 317 g/mol. The first kappa shape index (κ1) is 16.4. The molecule has 2 fully saturated rings. The van der Waals surface area contributed by atoms with Crippen LogP contribution in [-0.2, 0) is 11.3 Å². The second kappa shape index (κ2) is 7.90. The second-order valence-corrected chi connectivity index (χ2v) is 6.73. The van der Waals surface area contributed by atoms with Crippen LogP contribution in [0, 0.1) is 5.92 Å². The van der Waals surface area contributed by atoms with Crippen LogP contribution in [0.3, 0.4) is 0 Å². The first-order valence-corrected chi connectivity index (χ1v) is 8.66. The third-order valence-electron chi connectivity index (χ3n) is 5.09. The average molecular weight is 317 g/mol. The summed E-state index contributed by atoms with van der Waals surface area (Å²) in [6, 6.07) is 11.1. The summed E-state index contributed by atoms with van der Waals surface area (Å²) >= 11 is 0. The molecule has 0 spiro atoms. The minimum absolute atomic E-state index is 0.278. The summed E-state index contributed by atoms with van der Waals surface area (Å²) in [6.07, 6.45) is 2.28. The molecule has 0 amide bonds. The Morgan fingerprint density at radius 3 is 2.61 bits per heavy atom. The second-order valence-electron chi connectivity index (χ2n) is 6.73. The summed E-state index contributed by atoms with van der Waals surface area (Å²) in [5, 5.41) is 12.6. The van der Waals surface area contributed by atoms with E-state index >= 15 is 0 Å². The molecule has 0 aliphatic carbocycles. The highest BCUT2D eigenvalue weighted by atomic mass is 16.4. The lowest BCUT2D eigenvalue weighted by Gasteiger charge is -2.38. The minimum Gasteiger partial charge on any atom is -0.481 e. The number of hydrogen-bond acceptors (Lipinski definition) is 4. The number of carboxylic acid groups (broad SMARTS) is 1. The van der Waals surface area contributed by atoms with Crippen molar-refractivity contribution in [2.24, 2.45) is 5.92 Å². The van der Waals surface area contributed by atoms with E-state index in [1.807, 2.05) is 0 Å². The lowest BCUT2D eigenvalue weighted by molar-refractivity contribution is -0.142. The van der Waals surface area contributed by atoms with Gasteiger partial charge in [-0.05, 0) is 31.5 Å². The predicted molar refractivity (Wildman–Crippen MR) is 90.3 cm³/mol. The van der Waals surface area contributed by atoms with Gasteiger partial charge in [0.1, 0.15) is 0 Å². The van der Waals surface area contributed by atoms with E-state index in [1.54, 1.807) is 0 Å². The number of piperidine rings is 1. The van der Waals surface area contributed by atoms with Crippen molar-refractivity contribution in [2.75, 3.05) is 39.3 Å². The molecule has 23 heavy (non-hydrogen) atoms. The van der Waals surface area contributed by atoms with Gasteiger partial charge in [0.15, 0.2) is 0 Å². The van der Waals surface area contributed by atoms with Crippen molar-refractivity contribution in [2.45, 2.75) is 25.4 Å². The van der Waals surface area contributed by atoms with Gasteiger partial charge < -0.3 is 10.4 Å². The topological polar surface area (TPSA) is 55.8 Å². The molecular weight excluding hydrogens is 290 g/mol. The molecule has 126 valence electrons. The standard InChI is InChI=1S/C18H27N3O2/c22-18(23)16-12-19-8-11-21(14-16)17-6-9-20(10-7-17)13-15-4-2-1-3-5-15/h1-5,16-17,19H,6-14H2,(H,22,23)/t16-/m1/s1. The number of likely N-dealkylation sites (tertiary alicyclic amines) is 1. The van der Waals surface area contributed by atoms with Gasteiger partial charge in [-0.25, -0.2) is 0 Å². The van der Waals surface area contributed by atoms with Crippen molar-refractivity contribution in [3.63, 3.8) is 0 Å². The lowest BCUT2D eigenvalue weighted by Crippen LogP contribution is -2.47. The highest BCUT2D eigenvalue weighted by Crippen LogP contribution is 2.20. The molecule has 1 aromatic rings. The number of nitrogens with zero attached hydrogens (tertiary/aromatic N) is 2. The van der Waals surface area contributed by atoms with Gasteiger partial charge in [0, 0.05) is 38.8 Å². The number of hydrogen-bond donors (Lipinski definition) is 2. The van der Waals surface area contributed by atoms with E-state index in [1.165, 1.54) is 5.56 Å². The summed E-state index contributed by atoms with van der Waals surface area (Å²) in [7, 11) is 0. The van der Waals surface area contributed by atoms with Gasteiger partial charge in [0.2, 0.25) is 0 Å². The molecule has 0 radical (unpaired) electrons. The smallest absolute Gasteiger partial charge is 0.309 e. The van der Waals surface area contributed by atoms with Crippen LogP contribution in [0.25, 0.3) is 0 Å². The van der Waals surface area contributed by atoms with Crippen LogP contribution in [0.2, 0.25) is 0 Å². The maximum atomic E-state index is 11.3. The number of carboxylic acids is 1. The molecule has 0 bridgehead atoms. The molecule has 3 rings (SSSR count). The molecule has 5 nitrogen and oxygen atoms in total. The van der Waals surface area contributed by atoms with E-state index in [0.29, 0.717) is 19.1 Å². The SMILES string of the molecule is O=C(O)[C@@H]1CNCCN(C2CCN(Cc3ccccc3)CC2)C1. The zero-order chi connectivity index (χ0) is 16.1. The Kier molecular flexibility index (Phi) is 5.65. The Morgan fingerprint density at radius 1 is 1.17 bits per heavy atom. The van der Waals surface area contributed by atoms with Crippen molar-refractivity contribution in [3.8, 4) is 0 Å².